The van der Waals surface area contributed by atoms with E-state index in [2.05, 4.69) is 53.1 Å². The molecule has 7 heteroatoms. The molecule has 0 unspecified atom stereocenters. The van der Waals surface area contributed by atoms with Crippen LogP contribution in [-0.2, 0) is 4.74 Å². The number of carbonyl (C=O) groups is 1. The fraction of sp³-hybridized carbons (Fsp3) is 0.545. The summed E-state index contributed by atoms with van der Waals surface area (Å²) in [7, 11) is 0. The Morgan fingerprint density at radius 2 is 2.11 bits per heavy atom. The van der Waals surface area contributed by atoms with E-state index in [1.165, 1.54) is 11.3 Å². The van der Waals surface area contributed by atoms with Crippen LogP contribution in [0, 0.1) is 0 Å². The van der Waals surface area contributed by atoms with Crippen LogP contribution >= 0.6 is 59.1 Å². The molecule has 1 saturated heterocycles. The quantitative estimate of drug-likeness (QED) is 0.692. The molecule has 0 atom stereocenters. The van der Waals surface area contributed by atoms with Crippen molar-refractivity contribution in [1.29, 1.82) is 0 Å². The maximum atomic E-state index is 12.2. The van der Waals surface area contributed by atoms with Gasteiger partial charge in [-0.2, -0.15) is 0 Å². The molecule has 18 heavy (non-hydrogen) atoms. The lowest BCUT2D eigenvalue weighted by atomic mass is 9.92. The third kappa shape index (κ3) is 3.36. The second-order valence-electron chi connectivity index (χ2n) is 4.21. The first kappa shape index (κ1) is 15.0. The summed E-state index contributed by atoms with van der Waals surface area (Å²) in [5.41, 5.74) is -0.182. The molecular formula is C11H12Br3NO2S. The smallest absolute Gasteiger partial charge is 0.261 e. The third-order valence-corrected chi connectivity index (χ3v) is 7.28. The Kier molecular flexibility index (Phi) is 5.28. The van der Waals surface area contributed by atoms with E-state index in [1.807, 2.05) is 6.07 Å². The SMILES string of the molecule is O=C(NC1(CBr)CCOCC1)c1cc(Br)c(Br)s1. The fourth-order valence-electron chi connectivity index (χ4n) is 1.82. The van der Waals surface area contributed by atoms with Crippen LogP contribution in [0.15, 0.2) is 14.3 Å². The van der Waals surface area contributed by atoms with Crippen molar-refractivity contribution in [2.75, 3.05) is 18.5 Å². The van der Waals surface area contributed by atoms with Gasteiger partial charge in [0.15, 0.2) is 0 Å². The van der Waals surface area contributed by atoms with Gasteiger partial charge in [-0.25, -0.2) is 0 Å². The molecule has 0 saturated carbocycles. The molecule has 2 heterocycles. The lowest BCUT2D eigenvalue weighted by Crippen LogP contribution is -2.53. The molecule has 1 fully saturated rings. The second kappa shape index (κ2) is 6.35. The van der Waals surface area contributed by atoms with Crippen molar-refractivity contribution in [3.63, 3.8) is 0 Å². The van der Waals surface area contributed by atoms with Crippen molar-refractivity contribution in [2.45, 2.75) is 18.4 Å². The summed E-state index contributed by atoms with van der Waals surface area (Å²) in [5.74, 6) is -0.0206. The van der Waals surface area contributed by atoms with Crippen molar-refractivity contribution in [2.24, 2.45) is 0 Å². The van der Waals surface area contributed by atoms with Gasteiger partial charge in [-0.3, -0.25) is 4.79 Å². The first-order valence-electron chi connectivity index (χ1n) is 5.47. The van der Waals surface area contributed by atoms with Crippen LogP contribution in [0.1, 0.15) is 22.5 Å². The zero-order chi connectivity index (χ0) is 13.2. The highest BCUT2D eigenvalue weighted by Crippen LogP contribution is 2.33. The molecule has 1 aromatic rings. The van der Waals surface area contributed by atoms with Crippen LogP contribution in [0.3, 0.4) is 0 Å². The Morgan fingerprint density at radius 1 is 1.44 bits per heavy atom. The van der Waals surface area contributed by atoms with E-state index in [0.29, 0.717) is 18.1 Å². The molecule has 0 aromatic carbocycles. The van der Waals surface area contributed by atoms with Crippen LogP contribution in [0.5, 0.6) is 0 Å². The first-order chi connectivity index (χ1) is 8.56. The summed E-state index contributed by atoms with van der Waals surface area (Å²) in [6.07, 6.45) is 1.69. The first-order valence-corrected chi connectivity index (χ1v) is 9.00. The Labute approximate surface area is 135 Å². The van der Waals surface area contributed by atoms with Gasteiger partial charge in [-0.15, -0.1) is 11.3 Å². The largest absolute Gasteiger partial charge is 0.381 e. The van der Waals surface area contributed by atoms with Crippen molar-refractivity contribution in [3.05, 3.63) is 19.2 Å². The molecule has 1 aliphatic rings. The van der Waals surface area contributed by atoms with Crippen molar-refractivity contribution >= 4 is 65.0 Å². The van der Waals surface area contributed by atoms with Crippen molar-refractivity contribution < 1.29 is 9.53 Å². The number of thiophene rings is 1. The fourth-order valence-corrected chi connectivity index (χ4v) is 4.45. The number of halogens is 3. The summed E-state index contributed by atoms with van der Waals surface area (Å²) in [6.45, 7) is 1.40. The summed E-state index contributed by atoms with van der Waals surface area (Å²) in [6, 6.07) is 1.84. The number of hydrogen-bond acceptors (Lipinski definition) is 3. The Balaban J connectivity index is 2.09. The molecular weight excluding hydrogens is 450 g/mol. The third-order valence-electron chi connectivity index (χ3n) is 2.95. The van der Waals surface area contributed by atoms with E-state index < -0.39 is 0 Å². The topological polar surface area (TPSA) is 38.3 Å². The highest BCUT2D eigenvalue weighted by atomic mass is 79.9. The number of rotatable bonds is 3. The zero-order valence-corrected chi connectivity index (χ0v) is 15.0. The van der Waals surface area contributed by atoms with Gasteiger partial charge in [-0.1, -0.05) is 15.9 Å². The van der Waals surface area contributed by atoms with Crippen LogP contribution < -0.4 is 5.32 Å². The molecule has 0 aliphatic carbocycles. The Morgan fingerprint density at radius 3 is 2.61 bits per heavy atom. The van der Waals surface area contributed by atoms with Gasteiger partial charge in [0.25, 0.3) is 5.91 Å². The Hall–Kier alpha value is 0.570. The molecule has 0 radical (unpaired) electrons. The number of amides is 1. The minimum atomic E-state index is -0.182. The van der Waals surface area contributed by atoms with Crippen LogP contribution in [0.4, 0.5) is 0 Å². The van der Waals surface area contributed by atoms with Gasteiger partial charge in [0.2, 0.25) is 0 Å². The predicted octanol–water partition coefficient (Wildman–Crippen LogP) is 3.95. The van der Waals surface area contributed by atoms with Gasteiger partial charge in [0.05, 0.1) is 14.2 Å². The lowest BCUT2D eigenvalue weighted by molar-refractivity contribution is 0.0443. The number of carbonyl (C=O) groups excluding carboxylic acids is 1. The lowest BCUT2D eigenvalue weighted by Gasteiger charge is -2.36. The summed E-state index contributed by atoms with van der Waals surface area (Å²) < 4.78 is 7.20. The maximum absolute atomic E-state index is 12.2. The average molecular weight is 462 g/mol. The predicted molar refractivity (Wildman–Crippen MR) is 83.8 cm³/mol. The van der Waals surface area contributed by atoms with Crippen LogP contribution in [0.2, 0.25) is 0 Å². The summed E-state index contributed by atoms with van der Waals surface area (Å²) in [4.78, 5) is 12.9. The van der Waals surface area contributed by atoms with Crippen LogP contribution in [0.25, 0.3) is 0 Å². The Bertz CT molecular complexity index is 424. The molecule has 1 amide bonds. The van der Waals surface area contributed by atoms with E-state index in [4.69, 9.17) is 4.74 Å². The average Bonchev–Trinajstić information content (AvgIpc) is 2.71. The summed E-state index contributed by atoms with van der Waals surface area (Å²) >= 11 is 11.7. The van der Waals surface area contributed by atoms with E-state index in [1.54, 1.807) is 0 Å². The zero-order valence-electron chi connectivity index (χ0n) is 9.47. The van der Waals surface area contributed by atoms with Crippen LogP contribution in [-0.4, -0.2) is 30.0 Å². The van der Waals surface area contributed by atoms with Gasteiger partial charge in [-0.05, 0) is 50.8 Å². The monoisotopic (exact) mass is 459 g/mol. The highest BCUT2D eigenvalue weighted by molar-refractivity contribution is 9.13. The minimum absolute atomic E-state index is 0.0206. The van der Waals surface area contributed by atoms with Gasteiger partial charge >= 0.3 is 0 Å². The summed E-state index contributed by atoms with van der Waals surface area (Å²) in [5, 5.41) is 3.89. The molecule has 100 valence electrons. The highest BCUT2D eigenvalue weighted by Gasteiger charge is 2.33. The molecule has 2 rings (SSSR count). The standard InChI is InChI=1S/C11H12Br3NO2S/c12-6-11(1-3-17-4-2-11)15-10(16)8-5-7(13)9(14)18-8/h5H,1-4,6H2,(H,15,16). The number of ether oxygens (including phenoxy) is 1. The van der Waals surface area contributed by atoms with Crippen molar-refractivity contribution in [1.82, 2.24) is 5.32 Å². The van der Waals surface area contributed by atoms with Gasteiger partial charge in [0.1, 0.15) is 0 Å². The molecule has 1 aromatic heterocycles. The normalized spacial score (nSPS) is 18.6. The molecule has 1 N–H and O–H groups in total. The molecule has 0 bridgehead atoms. The number of alkyl halides is 1. The molecule has 1 aliphatic heterocycles. The van der Waals surface area contributed by atoms with E-state index in [-0.39, 0.29) is 11.4 Å². The number of hydrogen-bond donors (Lipinski definition) is 1. The van der Waals surface area contributed by atoms with Crippen molar-refractivity contribution in [3.8, 4) is 0 Å². The van der Waals surface area contributed by atoms with Gasteiger partial charge < -0.3 is 10.1 Å². The molecule has 3 nitrogen and oxygen atoms in total. The van der Waals surface area contributed by atoms with Gasteiger partial charge in [0, 0.05) is 23.0 Å². The number of nitrogens with one attached hydrogen (secondary N) is 1. The maximum Gasteiger partial charge on any atom is 0.261 e. The second-order valence-corrected chi connectivity index (χ2v) is 8.00. The minimum Gasteiger partial charge on any atom is -0.381 e. The molecule has 0 spiro atoms. The van der Waals surface area contributed by atoms with E-state index in [9.17, 15) is 4.79 Å². The van der Waals surface area contributed by atoms with E-state index in [0.717, 1.165) is 26.4 Å². The van der Waals surface area contributed by atoms with E-state index >= 15 is 0 Å².